The summed E-state index contributed by atoms with van der Waals surface area (Å²) >= 11 is 7.34. The number of ether oxygens (including phenoxy) is 2. The van der Waals surface area contributed by atoms with Crippen LogP contribution < -0.4 is 25.4 Å². The fourth-order valence-corrected chi connectivity index (χ4v) is 5.35. The molecule has 8 nitrogen and oxygen atoms in total. The maximum atomic E-state index is 13.6. The summed E-state index contributed by atoms with van der Waals surface area (Å²) in [5.74, 6) is -0.249. The zero-order valence-corrected chi connectivity index (χ0v) is 26.0. The SMILES string of the molecule is CCC(Sc1cccc(NC(=O)/C(=C\c2cccc(OC)c2OC)NC(=O)c2ccccc2)c1)C(=O)Nc1ccc(Cl)cc1. The van der Waals surface area contributed by atoms with Crippen LogP contribution in [0.5, 0.6) is 11.5 Å². The number of anilines is 2. The third kappa shape index (κ3) is 8.65. The number of thioether (sulfide) groups is 1. The van der Waals surface area contributed by atoms with Crippen LogP contribution in [0.2, 0.25) is 5.02 Å². The maximum Gasteiger partial charge on any atom is 0.272 e. The van der Waals surface area contributed by atoms with Crippen molar-refractivity contribution in [2.45, 2.75) is 23.5 Å². The molecule has 44 heavy (non-hydrogen) atoms. The van der Waals surface area contributed by atoms with E-state index in [2.05, 4.69) is 16.0 Å². The molecule has 226 valence electrons. The summed E-state index contributed by atoms with van der Waals surface area (Å²) in [6.07, 6.45) is 2.12. The normalized spacial score (nSPS) is 11.7. The van der Waals surface area contributed by atoms with Crippen molar-refractivity contribution < 1.29 is 23.9 Å². The minimum Gasteiger partial charge on any atom is -0.493 e. The summed E-state index contributed by atoms with van der Waals surface area (Å²) in [4.78, 5) is 40.4. The van der Waals surface area contributed by atoms with Crippen molar-refractivity contribution in [1.82, 2.24) is 5.32 Å². The number of rotatable bonds is 12. The highest BCUT2D eigenvalue weighted by atomic mass is 35.5. The molecule has 3 N–H and O–H groups in total. The van der Waals surface area contributed by atoms with Gasteiger partial charge in [0.2, 0.25) is 5.91 Å². The van der Waals surface area contributed by atoms with Gasteiger partial charge in [-0.2, -0.15) is 0 Å². The first kappa shape index (κ1) is 32.2. The van der Waals surface area contributed by atoms with Gasteiger partial charge in [0.1, 0.15) is 5.70 Å². The number of carbonyl (C=O) groups excluding carboxylic acids is 3. The zero-order chi connectivity index (χ0) is 31.5. The van der Waals surface area contributed by atoms with Crippen LogP contribution in [0.25, 0.3) is 6.08 Å². The number of carbonyl (C=O) groups is 3. The lowest BCUT2D eigenvalue weighted by Crippen LogP contribution is -2.30. The first-order chi connectivity index (χ1) is 21.3. The van der Waals surface area contributed by atoms with Gasteiger partial charge in [0.25, 0.3) is 11.8 Å². The van der Waals surface area contributed by atoms with Gasteiger partial charge in [0, 0.05) is 32.4 Å². The Balaban J connectivity index is 1.55. The Morgan fingerprint density at radius 1 is 0.841 bits per heavy atom. The predicted molar refractivity (Wildman–Crippen MR) is 177 cm³/mol. The van der Waals surface area contributed by atoms with Crippen LogP contribution in [0.1, 0.15) is 29.3 Å². The summed E-state index contributed by atoms with van der Waals surface area (Å²) in [6.45, 7) is 1.93. The Morgan fingerprint density at radius 2 is 1.57 bits per heavy atom. The smallest absolute Gasteiger partial charge is 0.272 e. The zero-order valence-electron chi connectivity index (χ0n) is 24.4. The van der Waals surface area contributed by atoms with E-state index < -0.39 is 11.8 Å². The van der Waals surface area contributed by atoms with Crippen LogP contribution in [0.15, 0.2) is 108 Å². The van der Waals surface area contributed by atoms with Gasteiger partial charge in [0.05, 0.1) is 19.5 Å². The largest absolute Gasteiger partial charge is 0.493 e. The predicted octanol–water partition coefficient (Wildman–Crippen LogP) is 7.28. The van der Waals surface area contributed by atoms with E-state index in [1.54, 1.807) is 91.0 Å². The van der Waals surface area contributed by atoms with E-state index in [-0.39, 0.29) is 16.9 Å². The number of nitrogens with one attached hydrogen (secondary N) is 3. The molecule has 0 saturated carbocycles. The Morgan fingerprint density at radius 3 is 2.25 bits per heavy atom. The number of amides is 3. The van der Waals surface area contributed by atoms with Crippen molar-refractivity contribution in [2.24, 2.45) is 0 Å². The molecule has 10 heteroatoms. The molecule has 0 aliphatic rings. The van der Waals surface area contributed by atoms with Crippen molar-refractivity contribution >= 4 is 58.5 Å². The molecule has 0 aliphatic heterocycles. The highest BCUT2D eigenvalue weighted by molar-refractivity contribution is 8.00. The molecule has 0 aliphatic carbocycles. The lowest BCUT2D eigenvalue weighted by molar-refractivity contribution is -0.116. The summed E-state index contributed by atoms with van der Waals surface area (Å²) in [7, 11) is 3.02. The topological polar surface area (TPSA) is 106 Å². The lowest BCUT2D eigenvalue weighted by atomic mass is 10.1. The number of methoxy groups -OCH3 is 2. The fourth-order valence-electron chi connectivity index (χ4n) is 4.21. The highest BCUT2D eigenvalue weighted by Gasteiger charge is 2.20. The van der Waals surface area contributed by atoms with Crippen molar-refractivity contribution in [3.63, 3.8) is 0 Å². The van der Waals surface area contributed by atoms with Gasteiger partial charge in [-0.15, -0.1) is 11.8 Å². The van der Waals surface area contributed by atoms with Crippen LogP contribution in [-0.2, 0) is 9.59 Å². The van der Waals surface area contributed by atoms with Gasteiger partial charge in [-0.05, 0) is 73.2 Å². The summed E-state index contributed by atoms with van der Waals surface area (Å²) in [6, 6.07) is 27.9. The lowest BCUT2D eigenvalue weighted by Gasteiger charge is -2.16. The van der Waals surface area contributed by atoms with E-state index in [0.29, 0.717) is 45.4 Å². The van der Waals surface area contributed by atoms with E-state index in [1.807, 2.05) is 13.0 Å². The Bertz CT molecular complexity index is 1640. The Hall–Kier alpha value is -4.73. The Labute approximate surface area is 265 Å². The summed E-state index contributed by atoms with van der Waals surface area (Å²) in [5, 5.41) is 8.74. The first-order valence-corrected chi connectivity index (χ1v) is 15.0. The molecule has 3 amide bonds. The molecule has 0 radical (unpaired) electrons. The number of benzene rings is 4. The van der Waals surface area contributed by atoms with Gasteiger partial charge >= 0.3 is 0 Å². The fraction of sp³-hybridized carbons (Fsp3) is 0.147. The van der Waals surface area contributed by atoms with Gasteiger partial charge in [-0.25, -0.2) is 0 Å². The second-order valence-electron chi connectivity index (χ2n) is 9.45. The van der Waals surface area contributed by atoms with Gasteiger partial charge in [-0.1, -0.05) is 54.9 Å². The molecule has 0 spiro atoms. The van der Waals surface area contributed by atoms with E-state index in [1.165, 1.54) is 32.1 Å². The molecule has 0 bridgehead atoms. The van der Waals surface area contributed by atoms with Gasteiger partial charge in [0.15, 0.2) is 11.5 Å². The van der Waals surface area contributed by atoms with Gasteiger partial charge < -0.3 is 25.4 Å². The average Bonchev–Trinajstić information content (AvgIpc) is 3.04. The van der Waals surface area contributed by atoms with Crippen LogP contribution in [0.3, 0.4) is 0 Å². The molecular formula is C34H32ClN3O5S. The van der Waals surface area contributed by atoms with Gasteiger partial charge in [-0.3, -0.25) is 14.4 Å². The molecule has 4 rings (SSSR count). The Kier molecular flexibility index (Phi) is 11.5. The van der Waals surface area contributed by atoms with E-state index in [0.717, 1.165) is 4.90 Å². The van der Waals surface area contributed by atoms with Crippen LogP contribution in [0.4, 0.5) is 11.4 Å². The molecule has 0 heterocycles. The molecule has 1 unspecified atom stereocenters. The van der Waals surface area contributed by atoms with Crippen LogP contribution in [-0.4, -0.2) is 37.2 Å². The average molecular weight is 630 g/mol. The van der Waals surface area contributed by atoms with E-state index in [9.17, 15) is 14.4 Å². The first-order valence-electron chi connectivity index (χ1n) is 13.7. The number of para-hydroxylation sites is 1. The molecule has 1 atom stereocenters. The second-order valence-corrected chi connectivity index (χ2v) is 11.2. The van der Waals surface area contributed by atoms with E-state index in [4.69, 9.17) is 21.1 Å². The minimum atomic E-state index is -0.547. The molecule has 0 fully saturated rings. The highest BCUT2D eigenvalue weighted by Crippen LogP contribution is 2.32. The monoisotopic (exact) mass is 629 g/mol. The summed E-state index contributed by atoms with van der Waals surface area (Å²) < 4.78 is 10.9. The second kappa shape index (κ2) is 15.7. The number of hydrogen-bond donors (Lipinski definition) is 3. The standard InChI is InChI=1S/C34H32ClN3O5S/c1-4-30(34(41)36-25-18-16-24(35)17-19-25)44-27-14-9-13-26(21-27)37-33(40)28(38-32(39)22-10-6-5-7-11-22)20-23-12-8-15-29(42-2)31(23)43-3/h5-21,30H,4H2,1-3H3,(H,36,41)(H,37,40)(H,38,39)/b28-20+. The third-order valence-corrected chi connectivity index (χ3v) is 8.02. The van der Waals surface area contributed by atoms with Crippen LogP contribution in [0, 0.1) is 0 Å². The quantitative estimate of drug-likeness (QED) is 0.112. The molecule has 0 aromatic heterocycles. The van der Waals surface area contributed by atoms with Crippen molar-refractivity contribution in [3.05, 3.63) is 119 Å². The summed E-state index contributed by atoms with van der Waals surface area (Å²) in [5.41, 5.74) is 2.07. The maximum absolute atomic E-state index is 13.6. The number of hydrogen-bond acceptors (Lipinski definition) is 6. The van der Waals surface area contributed by atoms with Crippen molar-refractivity contribution in [3.8, 4) is 11.5 Å². The minimum absolute atomic E-state index is 0.00256. The molecule has 4 aromatic rings. The van der Waals surface area contributed by atoms with Crippen molar-refractivity contribution in [2.75, 3.05) is 24.9 Å². The molecule has 4 aromatic carbocycles. The van der Waals surface area contributed by atoms with Crippen molar-refractivity contribution in [1.29, 1.82) is 0 Å². The van der Waals surface area contributed by atoms with E-state index >= 15 is 0 Å². The molecular weight excluding hydrogens is 598 g/mol. The number of halogens is 1. The molecule has 0 saturated heterocycles. The van der Waals surface area contributed by atoms with Crippen LogP contribution >= 0.6 is 23.4 Å². The third-order valence-electron chi connectivity index (χ3n) is 6.41.